The number of carbonyl (C=O) groups is 2. The van der Waals surface area contributed by atoms with E-state index >= 15 is 0 Å². The van der Waals surface area contributed by atoms with Gasteiger partial charge in [-0.15, -0.1) is 11.3 Å². The van der Waals surface area contributed by atoms with Crippen molar-refractivity contribution in [3.8, 4) is 0 Å². The van der Waals surface area contributed by atoms with E-state index in [1.807, 2.05) is 30.5 Å². The van der Waals surface area contributed by atoms with Crippen LogP contribution >= 0.6 is 11.3 Å². The predicted molar refractivity (Wildman–Crippen MR) is 99.5 cm³/mol. The summed E-state index contributed by atoms with van der Waals surface area (Å²) in [6.45, 7) is 9.68. The van der Waals surface area contributed by atoms with Crippen LogP contribution in [0.25, 0.3) is 0 Å². The molecule has 1 aromatic carbocycles. The van der Waals surface area contributed by atoms with Crippen molar-refractivity contribution >= 4 is 28.8 Å². The molecule has 0 saturated carbocycles. The maximum Gasteiger partial charge on any atom is 0.251 e. The molecule has 0 aliphatic heterocycles. The minimum absolute atomic E-state index is 0.0736. The SMILES string of the molecule is CC(=O)Nc1cc(C(=O)NC(c2cccs2)C(C)(C)C)ccc1C. The maximum absolute atomic E-state index is 12.7. The lowest BCUT2D eigenvalue weighted by Crippen LogP contribution is -2.36. The summed E-state index contributed by atoms with van der Waals surface area (Å²) in [4.78, 5) is 25.2. The Bertz CT molecular complexity index is 730. The number of aryl methyl sites for hydroxylation is 1. The number of carbonyl (C=O) groups excluding carboxylic acids is 2. The van der Waals surface area contributed by atoms with Crippen molar-refractivity contribution in [1.82, 2.24) is 5.32 Å². The minimum atomic E-state index is -0.151. The average Bonchev–Trinajstić information content (AvgIpc) is 2.98. The number of hydrogen-bond acceptors (Lipinski definition) is 3. The molecule has 5 heteroatoms. The van der Waals surface area contributed by atoms with Crippen molar-refractivity contribution in [2.75, 3.05) is 5.32 Å². The maximum atomic E-state index is 12.7. The molecule has 1 heterocycles. The number of anilines is 1. The van der Waals surface area contributed by atoms with E-state index in [0.717, 1.165) is 10.4 Å². The van der Waals surface area contributed by atoms with Crippen LogP contribution in [0.15, 0.2) is 35.7 Å². The molecule has 0 fully saturated rings. The fraction of sp³-hybridized carbons (Fsp3) is 0.368. The normalized spacial score (nSPS) is 12.5. The van der Waals surface area contributed by atoms with E-state index in [4.69, 9.17) is 0 Å². The highest BCUT2D eigenvalue weighted by molar-refractivity contribution is 7.10. The Balaban J connectivity index is 2.26. The third-order valence-corrected chi connectivity index (χ3v) is 4.72. The lowest BCUT2D eigenvalue weighted by atomic mass is 9.85. The Hall–Kier alpha value is -2.14. The average molecular weight is 344 g/mol. The van der Waals surface area contributed by atoms with Gasteiger partial charge in [0.2, 0.25) is 5.91 Å². The first kappa shape index (κ1) is 18.2. The molecule has 1 atom stereocenters. The Morgan fingerprint density at radius 1 is 1.17 bits per heavy atom. The second-order valence-electron chi connectivity index (χ2n) is 7.00. The smallest absolute Gasteiger partial charge is 0.251 e. The molecule has 0 aliphatic carbocycles. The largest absolute Gasteiger partial charge is 0.344 e. The zero-order valence-corrected chi connectivity index (χ0v) is 15.6. The van der Waals surface area contributed by atoms with Gasteiger partial charge in [-0.2, -0.15) is 0 Å². The van der Waals surface area contributed by atoms with E-state index in [1.54, 1.807) is 23.5 Å². The van der Waals surface area contributed by atoms with Crippen molar-refractivity contribution in [2.24, 2.45) is 5.41 Å². The second kappa shape index (κ2) is 7.18. The fourth-order valence-corrected chi connectivity index (χ4v) is 3.49. The van der Waals surface area contributed by atoms with Crippen LogP contribution < -0.4 is 10.6 Å². The lowest BCUT2D eigenvalue weighted by Gasteiger charge is -2.31. The second-order valence-corrected chi connectivity index (χ2v) is 7.98. The topological polar surface area (TPSA) is 58.2 Å². The summed E-state index contributed by atoms with van der Waals surface area (Å²) in [5.74, 6) is -0.295. The van der Waals surface area contributed by atoms with E-state index in [9.17, 15) is 9.59 Å². The highest BCUT2D eigenvalue weighted by Gasteiger charge is 2.29. The van der Waals surface area contributed by atoms with Gasteiger partial charge in [0.1, 0.15) is 0 Å². The highest BCUT2D eigenvalue weighted by atomic mass is 32.1. The zero-order chi connectivity index (χ0) is 17.9. The van der Waals surface area contributed by atoms with Crippen LogP contribution in [0.2, 0.25) is 0 Å². The van der Waals surface area contributed by atoms with Crippen molar-refractivity contribution in [2.45, 2.75) is 40.7 Å². The van der Waals surface area contributed by atoms with Gasteiger partial charge in [-0.3, -0.25) is 9.59 Å². The van der Waals surface area contributed by atoms with Gasteiger partial charge in [-0.1, -0.05) is 32.9 Å². The molecule has 1 unspecified atom stereocenters. The van der Waals surface area contributed by atoms with Gasteiger partial charge in [-0.25, -0.2) is 0 Å². The van der Waals surface area contributed by atoms with E-state index in [-0.39, 0.29) is 23.3 Å². The molecule has 24 heavy (non-hydrogen) atoms. The van der Waals surface area contributed by atoms with Crippen molar-refractivity contribution in [3.63, 3.8) is 0 Å². The molecule has 1 aromatic heterocycles. The standard InChI is InChI=1S/C19H24N2O2S/c1-12-8-9-14(11-15(12)20-13(2)22)18(23)21-17(19(3,4)5)16-7-6-10-24-16/h6-11,17H,1-5H3,(H,20,22)(H,21,23). The van der Waals surface area contributed by atoms with Crippen LogP contribution in [0, 0.1) is 12.3 Å². The molecule has 128 valence electrons. The number of amides is 2. The molecule has 0 bridgehead atoms. The number of rotatable bonds is 4. The first-order valence-corrected chi connectivity index (χ1v) is 8.79. The van der Waals surface area contributed by atoms with E-state index < -0.39 is 0 Å². The van der Waals surface area contributed by atoms with E-state index in [0.29, 0.717) is 11.3 Å². The molecule has 2 rings (SSSR count). The van der Waals surface area contributed by atoms with Crippen LogP contribution in [0.5, 0.6) is 0 Å². The number of thiophene rings is 1. The molecule has 0 saturated heterocycles. The fourth-order valence-electron chi connectivity index (χ4n) is 2.47. The van der Waals surface area contributed by atoms with E-state index in [2.05, 4.69) is 31.4 Å². The lowest BCUT2D eigenvalue weighted by molar-refractivity contribution is -0.114. The molecular weight excluding hydrogens is 320 g/mol. The summed E-state index contributed by atoms with van der Waals surface area (Å²) < 4.78 is 0. The first-order chi connectivity index (χ1) is 11.2. The summed E-state index contributed by atoms with van der Waals surface area (Å²) in [7, 11) is 0. The number of hydrogen-bond donors (Lipinski definition) is 2. The molecule has 2 amide bonds. The Labute approximate surface area is 147 Å². The van der Waals surface area contributed by atoms with Crippen molar-refractivity contribution in [3.05, 3.63) is 51.7 Å². The highest BCUT2D eigenvalue weighted by Crippen LogP contribution is 2.35. The Morgan fingerprint density at radius 2 is 1.88 bits per heavy atom. The molecule has 0 radical (unpaired) electrons. The summed E-state index contributed by atoms with van der Waals surface area (Å²) in [6, 6.07) is 9.31. The first-order valence-electron chi connectivity index (χ1n) is 7.91. The Kier molecular flexibility index (Phi) is 5.44. The van der Waals surface area contributed by atoms with Crippen LogP contribution in [0.4, 0.5) is 5.69 Å². The molecule has 0 spiro atoms. The van der Waals surface area contributed by atoms with Gasteiger partial charge in [0.15, 0.2) is 0 Å². The summed E-state index contributed by atoms with van der Waals surface area (Å²) in [5.41, 5.74) is 2.02. The summed E-state index contributed by atoms with van der Waals surface area (Å²) in [6.07, 6.45) is 0. The number of benzene rings is 1. The monoisotopic (exact) mass is 344 g/mol. The van der Waals surface area contributed by atoms with Gasteiger partial charge in [0.05, 0.1) is 6.04 Å². The minimum Gasteiger partial charge on any atom is -0.344 e. The van der Waals surface area contributed by atoms with E-state index in [1.165, 1.54) is 6.92 Å². The Morgan fingerprint density at radius 3 is 2.42 bits per heavy atom. The van der Waals surface area contributed by atoms with Crippen molar-refractivity contribution in [1.29, 1.82) is 0 Å². The molecule has 2 aromatic rings. The van der Waals surface area contributed by atoms with Crippen LogP contribution in [-0.2, 0) is 4.79 Å². The summed E-state index contributed by atoms with van der Waals surface area (Å²) >= 11 is 1.64. The van der Waals surface area contributed by atoms with Gasteiger partial charge >= 0.3 is 0 Å². The van der Waals surface area contributed by atoms with Crippen LogP contribution in [-0.4, -0.2) is 11.8 Å². The van der Waals surface area contributed by atoms with Gasteiger partial charge in [0, 0.05) is 23.1 Å². The number of nitrogens with one attached hydrogen (secondary N) is 2. The van der Waals surface area contributed by atoms with Gasteiger partial charge < -0.3 is 10.6 Å². The summed E-state index contributed by atoms with van der Waals surface area (Å²) in [5, 5.41) is 7.91. The van der Waals surface area contributed by atoms with Crippen LogP contribution in [0.3, 0.4) is 0 Å². The predicted octanol–water partition coefficient (Wildman–Crippen LogP) is 4.53. The van der Waals surface area contributed by atoms with Gasteiger partial charge in [-0.05, 0) is 41.5 Å². The third-order valence-electron chi connectivity index (χ3n) is 3.78. The van der Waals surface area contributed by atoms with Gasteiger partial charge in [0.25, 0.3) is 5.91 Å². The van der Waals surface area contributed by atoms with Crippen LogP contribution in [0.1, 0.15) is 54.5 Å². The molecule has 4 nitrogen and oxygen atoms in total. The third kappa shape index (κ3) is 4.45. The molecular formula is C19H24N2O2S. The quantitative estimate of drug-likeness (QED) is 0.856. The van der Waals surface area contributed by atoms with Crippen molar-refractivity contribution < 1.29 is 9.59 Å². The zero-order valence-electron chi connectivity index (χ0n) is 14.8. The molecule has 2 N–H and O–H groups in total. The molecule has 0 aliphatic rings.